The van der Waals surface area contributed by atoms with Crippen molar-refractivity contribution in [2.75, 3.05) is 20.1 Å². The maximum absolute atomic E-state index is 12.3. The van der Waals surface area contributed by atoms with Crippen LogP contribution in [0, 0.1) is 0 Å². The highest BCUT2D eigenvalue weighted by Crippen LogP contribution is 2.39. The smallest absolute Gasteiger partial charge is 0.303 e. The van der Waals surface area contributed by atoms with E-state index in [1.54, 1.807) is 24.3 Å². The zero-order valence-corrected chi connectivity index (χ0v) is 29.0. The SMILES string of the molecule is CN(C[C@@H]1C[C@H](c2ccc(CO)cc2)O[C@H](c2ccc(-c3cccc(CNC(=O)CCCCCC(=O)O)c3)cc2)O1)C[C@@H](O)c1cccc(O)c1. The highest BCUT2D eigenvalue weighted by Gasteiger charge is 2.33. The van der Waals surface area contributed by atoms with Gasteiger partial charge in [-0.3, -0.25) is 9.59 Å². The van der Waals surface area contributed by atoms with E-state index in [9.17, 15) is 24.9 Å². The van der Waals surface area contributed by atoms with Crippen LogP contribution in [0.4, 0.5) is 0 Å². The number of carbonyl (C=O) groups is 2. The van der Waals surface area contributed by atoms with Crippen molar-refractivity contribution >= 4 is 11.9 Å². The van der Waals surface area contributed by atoms with Crippen LogP contribution in [0.3, 0.4) is 0 Å². The zero-order valence-electron chi connectivity index (χ0n) is 29.0. The van der Waals surface area contributed by atoms with Crippen molar-refractivity contribution in [3.63, 3.8) is 0 Å². The van der Waals surface area contributed by atoms with Crippen LogP contribution in [-0.2, 0) is 32.2 Å². The molecule has 1 aliphatic heterocycles. The quantitative estimate of drug-likeness (QED) is 0.0790. The van der Waals surface area contributed by atoms with Gasteiger partial charge in [0.25, 0.3) is 0 Å². The van der Waals surface area contributed by atoms with Crippen molar-refractivity contribution in [3.05, 3.63) is 125 Å². The summed E-state index contributed by atoms with van der Waals surface area (Å²) in [6.07, 6.45) is 1.21. The second-order valence-electron chi connectivity index (χ2n) is 13.2. The fourth-order valence-corrected chi connectivity index (χ4v) is 6.31. The lowest BCUT2D eigenvalue weighted by molar-refractivity contribution is -0.252. The molecule has 5 rings (SSSR count). The monoisotopic (exact) mass is 696 g/mol. The number of hydrogen-bond acceptors (Lipinski definition) is 8. The molecule has 4 atom stereocenters. The van der Waals surface area contributed by atoms with Gasteiger partial charge in [-0.25, -0.2) is 0 Å². The molecule has 270 valence electrons. The van der Waals surface area contributed by atoms with Crippen LogP contribution in [0.2, 0.25) is 0 Å². The molecule has 51 heavy (non-hydrogen) atoms. The number of rotatable bonds is 17. The van der Waals surface area contributed by atoms with E-state index in [1.807, 2.05) is 78.7 Å². The molecule has 0 aromatic heterocycles. The van der Waals surface area contributed by atoms with Crippen LogP contribution in [0.5, 0.6) is 5.75 Å². The van der Waals surface area contributed by atoms with E-state index >= 15 is 0 Å². The maximum atomic E-state index is 12.3. The molecule has 0 spiro atoms. The number of ether oxygens (including phenoxy) is 2. The van der Waals surface area contributed by atoms with E-state index in [1.165, 1.54) is 0 Å². The molecule has 4 aromatic carbocycles. The Morgan fingerprint density at radius 2 is 1.57 bits per heavy atom. The Morgan fingerprint density at radius 3 is 2.29 bits per heavy atom. The number of aromatic hydroxyl groups is 1. The number of nitrogens with one attached hydrogen (secondary N) is 1. The number of unbranched alkanes of at least 4 members (excludes halogenated alkanes) is 2. The molecule has 5 N–H and O–H groups in total. The first-order chi connectivity index (χ1) is 24.7. The Morgan fingerprint density at radius 1 is 0.843 bits per heavy atom. The number of aliphatic carboxylic acids is 1. The highest BCUT2D eigenvalue weighted by molar-refractivity contribution is 5.76. The number of phenolic OH excluding ortho intramolecular Hbond substituents is 1. The third-order valence-electron chi connectivity index (χ3n) is 9.10. The van der Waals surface area contributed by atoms with Gasteiger partial charge in [-0.05, 0) is 71.5 Å². The number of aliphatic hydroxyl groups excluding tert-OH is 2. The van der Waals surface area contributed by atoms with Gasteiger partial charge in [0, 0.05) is 44.5 Å². The van der Waals surface area contributed by atoms with Crippen molar-refractivity contribution in [1.82, 2.24) is 10.2 Å². The Bertz CT molecular complexity index is 1710. The molecular weight excluding hydrogens is 648 g/mol. The third kappa shape index (κ3) is 11.5. The van der Waals surface area contributed by atoms with Gasteiger partial charge >= 0.3 is 5.97 Å². The number of carbonyl (C=O) groups excluding carboxylic acids is 1. The van der Waals surface area contributed by atoms with Crippen LogP contribution >= 0.6 is 0 Å². The highest BCUT2D eigenvalue weighted by atomic mass is 16.7. The molecule has 1 fully saturated rings. The summed E-state index contributed by atoms with van der Waals surface area (Å²) in [5.41, 5.74) is 6.33. The lowest BCUT2D eigenvalue weighted by Crippen LogP contribution is -2.39. The van der Waals surface area contributed by atoms with Gasteiger partial charge < -0.3 is 40.1 Å². The normalized spacial score (nSPS) is 18.0. The molecule has 0 saturated carbocycles. The Balaban J connectivity index is 1.23. The lowest BCUT2D eigenvalue weighted by atomic mass is 9.98. The average Bonchev–Trinajstić information content (AvgIpc) is 3.13. The van der Waals surface area contributed by atoms with E-state index in [0.717, 1.165) is 33.4 Å². The molecule has 10 nitrogen and oxygen atoms in total. The minimum absolute atomic E-state index is 0.0338. The summed E-state index contributed by atoms with van der Waals surface area (Å²) in [6, 6.07) is 30.5. The molecule has 4 aromatic rings. The lowest BCUT2D eigenvalue weighted by Gasteiger charge is -2.38. The maximum Gasteiger partial charge on any atom is 0.303 e. The minimum Gasteiger partial charge on any atom is -0.508 e. The largest absolute Gasteiger partial charge is 0.508 e. The summed E-state index contributed by atoms with van der Waals surface area (Å²) in [5.74, 6) is -0.747. The Hall–Kier alpha value is -4.58. The molecule has 1 aliphatic rings. The number of aliphatic hydroxyl groups is 2. The van der Waals surface area contributed by atoms with E-state index in [0.29, 0.717) is 57.3 Å². The van der Waals surface area contributed by atoms with Gasteiger partial charge in [0.2, 0.25) is 5.91 Å². The number of amides is 1. The summed E-state index contributed by atoms with van der Waals surface area (Å²) >= 11 is 0. The molecule has 0 unspecified atom stereocenters. The molecule has 0 radical (unpaired) electrons. The number of hydrogen-bond donors (Lipinski definition) is 5. The van der Waals surface area contributed by atoms with Gasteiger partial charge in [0.05, 0.1) is 24.9 Å². The van der Waals surface area contributed by atoms with Gasteiger partial charge in [0.15, 0.2) is 6.29 Å². The first-order valence-electron chi connectivity index (χ1n) is 17.5. The Kier molecular flexibility index (Phi) is 13.7. The topological polar surface area (TPSA) is 149 Å². The van der Waals surface area contributed by atoms with Gasteiger partial charge in [0.1, 0.15) is 5.75 Å². The molecule has 0 bridgehead atoms. The van der Waals surface area contributed by atoms with Crippen molar-refractivity contribution in [2.45, 2.75) is 76.3 Å². The number of likely N-dealkylation sites (N-methyl/N-ethyl adjacent to an activating group) is 1. The number of carboxylic acid groups (broad SMARTS) is 1. The molecular formula is C41H48N2O8. The summed E-state index contributed by atoms with van der Waals surface area (Å²) in [4.78, 5) is 25.0. The van der Waals surface area contributed by atoms with Crippen molar-refractivity contribution in [1.29, 1.82) is 0 Å². The molecule has 0 aliphatic carbocycles. The van der Waals surface area contributed by atoms with Crippen molar-refractivity contribution in [3.8, 4) is 16.9 Å². The van der Waals surface area contributed by atoms with Crippen LogP contribution in [0.25, 0.3) is 11.1 Å². The van der Waals surface area contributed by atoms with Gasteiger partial charge in [-0.2, -0.15) is 0 Å². The number of carboxylic acids is 1. The van der Waals surface area contributed by atoms with Crippen LogP contribution < -0.4 is 5.32 Å². The summed E-state index contributed by atoms with van der Waals surface area (Å²) in [5, 5.41) is 41.9. The van der Waals surface area contributed by atoms with Crippen LogP contribution in [-0.4, -0.2) is 63.4 Å². The predicted molar refractivity (Wildman–Crippen MR) is 193 cm³/mol. The van der Waals surface area contributed by atoms with E-state index < -0.39 is 18.4 Å². The predicted octanol–water partition coefficient (Wildman–Crippen LogP) is 6.41. The Labute approximate surface area is 299 Å². The second kappa shape index (κ2) is 18.6. The van der Waals surface area contributed by atoms with Gasteiger partial charge in [-0.1, -0.05) is 85.3 Å². The van der Waals surface area contributed by atoms with Gasteiger partial charge in [-0.15, -0.1) is 0 Å². The fourth-order valence-electron chi connectivity index (χ4n) is 6.31. The first kappa shape index (κ1) is 37.7. The minimum atomic E-state index is -0.812. The molecule has 10 heteroatoms. The summed E-state index contributed by atoms with van der Waals surface area (Å²) in [7, 11) is 1.93. The van der Waals surface area contributed by atoms with Crippen LogP contribution in [0.1, 0.15) is 84.8 Å². The molecule has 1 amide bonds. The second-order valence-corrected chi connectivity index (χ2v) is 13.2. The number of nitrogens with zero attached hydrogens (tertiary/aromatic N) is 1. The zero-order chi connectivity index (χ0) is 36.2. The van der Waals surface area contributed by atoms with Crippen molar-refractivity contribution < 1.29 is 39.5 Å². The van der Waals surface area contributed by atoms with E-state index in [2.05, 4.69) is 11.4 Å². The molecule has 1 heterocycles. The third-order valence-corrected chi connectivity index (χ3v) is 9.10. The fraction of sp³-hybridized carbons (Fsp3) is 0.366. The average molecular weight is 697 g/mol. The summed E-state index contributed by atoms with van der Waals surface area (Å²) < 4.78 is 13.1. The molecule has 1 saturated heterocycles. The van der Waals surface area contributed by atoms with E-state index in [4.69, 9.17) is 14.6 Å². The first-order valence-corrected chi connectivity index (χ1v) is 17.5. The summed E-state index contributed by atoms with van der Waals surface area (Å²) in [6.45, 7) is 1.28. The van der Waals surface area contributed by atoms with E-state index in [-0.39, 0.29) is 36.9 Å². The number of phenols is 1. The standard InChI is InChI=1S/C41H48N2O8/c1-43(26-37(46)34-9-6-10-35(45)22-34)25-36-23-38(31-15-13-28(27-44)14-16-31)51-41(50-36)32-19-17-30(18-20-32)33-8-5-7-29(21-33)24-42-39(47)11-3-2-4-12-40(48)49/h5-10,13-22,36-38,41,44-46H,2-4,11-12,23-27H2,1H3,(H,42,47)(H,48,49)/t36-,37+,38+,41+/m0/s1. The van der Waals surface area contributed by atoms with Crippen molar-refractivity contribution in [2.24, 2.45) is 0 Å². The number of benzene rings is 4. The van der Waals surface area contributed by atoms with Crippen LogP contribution in [0.15, 0.2) is 97.1 Å².